The highest BCUT2D eigenvalue weighted by Gasteiger charge is 2.20. The van der Waals surface area contributed by atoms with Crippen LogP contribution in [0.2, 0.25) is 0 Å². The molecule has 104 valence electrons. The molecule has 6 nitrogen and oxygen atoms in total. The molecule has 0 saturated carbocycles. The van der Waals surface area contributed by atoms with Gasteiger partial charge < -0.3 is 0 Å². The summed E-state index contributed by atoms with van der Waals surface area (Å²) in [5, 5.41) is 15.0. The normalized spacial score (nSPS) is 11.4. The first-order chi connectivity index (χ1) is 9.54. The molecule has 0 aliphatic rings. The van der Waals surface area contributed by atoms with Gasteiger partial charge in [0.15, 0.2) is 0 Å². The molecule has 0 unspecified atom stereocenters. The Bertz CT molecular complexity index is 700. The number of H-pyrrole nitrogens is 1. The second-order valence-corrected chi connectivity index (χ2v) is 6.39. The van der Waals surface area contributed by atoms with Crippen molar-refractivity contribution >= 4 is 10.0 Å². The molecule has 7 heteroatoms. The number of nitrogens with zero attached hydrogens (tertiary/aromatic N) is 3. The van der Waals surface area contributed by atoms with E-state index in [1.165, 1.54) is 23.5 Å². The lowest BCUT2D eigenvalue weighted by molar-refractivity contribution is 0.467. The van der Waals surface area contributed by atoms with Gasteiger partial charge in [-0.05, 0) is 17.7 Å². The molecule has 1 N–H and O–H groups in total. The fraction of sp³-hybridized carbons (Fsp3) is 0.231. The number of hydrogen-bond acceptors (Lipinski definition) is 4. The highest BCUT2D eigenvalue weighted by atomic mass is 32.2. The van der Waals surface area contributed by atoms with Gasteiger partial charge in [0.1, 0.15) is 0 Å². The minimum Gasteiger partial charge on any atom is -0.285 e. The number of hydrogen-bond donors (Lipinski definition) is 1. The zero-order chi connectivity index (χ0) is 14.6. The third-order valence-electron chi connectivity index (χ3n) is 2.87. The van der Waals surface area contributed by atoms with Gasteiger partial charge in [-0.1, -0.05) is 12.1 Å². The summed E-state index contributed by atoms with van der Waals surface area (Å²) < 4.78 is 26.0. The average Bonchev–Trinajstić information content (AvgIpc) is 2.92. The molecule has 0 aliphatic heterocycles. The van der Waals surface area contributed by atoms with Crippen molar-refractivity contribution in [2.45, 2.75) is 17.9 Å². The van der Waals surface area contributed by atoms with Crippen LogP contribution in [-0.4, -0.2) is 30.0 Å². The van der Waals surface area contributed by atoms with Crippen LogP contribution in [0.4, 0.5) is 0 Å². The van der Waals surface area contributed by atoms with Crippen molar-refractivity contribution in [3.8, 4) is 6.07 Å². The van der Waals surface area contributed by atoms with Gasteiger partial charge in [0.05, 0.1) is 23.6 Å². The number of benzene rings is 1. The maximum absolute atomic E-state index is 12.4. The highest BCUT2D eigenvalue weighted by Crippen LogP contribution is 2.17. The molecule has 1 aromatic carbocycles. The molecule has 0 aliphatic carbocycles. The summed E-state index contributed by atoms with van der Waals surface area (Å²) in [6, 6.07) is 8.38. The van der Waals surface area contributed by atoms with Crippen LogP contribution >= 0.6 is 0 Å². The number of sulfonamides is 1. The zero-order valence-electron chi connectivity index (χ0n) is 10.9. The number of aromatic amines is 1. The molecule has 0 bridgehead atoms. The molecule has 2 aromatic rings. The van der Waals surface area contributed by atoms with E-state index in [0.717, 1.165) is 11.1 Å². The predicted octanol–water partition coefficient (Wildman–Crippen LogP) is 1.30. The standard InChI is InChI=1S/C13H14N4O2S/c1-17(10-12-8-15-16-9-12)20(18,19)13-4-2-11(3-5-13)6-7-14/h2-5,8-9H,6,10H2,1H3,(H,15,16). The average molecular weight is 290 g/mol. The molecule has 0 saturated heterocycles. The van der Waals surface area contributed by atoms with E-state index in [4.69, 9.17) is 5.26 Å². The van der Waals surface area contributed by atoms with Crippen LogP contribution in [0.15, 0.2) is 41.6 Å². The third kappa shape index (κ3) is 3.04. The van der Waals surface area contributed by atoms with Gasteiger partial charge in [-0.15, -0.1) is 0 Å². The highest BCUT2D eigenvalue weighted by molar-refractivity contribution is 7.89. The maximum atomic E-state index is 12.4. The molecule has 0 radical (unpaired) electrons. The second kappa shape index (κ2) is 5.86. The Morgan fingerprint density at radius 3 is 2.55 bits per heavy atom. The largest absolute Gasteiger partial charge is 0.285 e. The SMILES string of the molecule is CN(Cc1cn[nH]c1)S(=O)(=O)c1ccc(CC#N)cc1. The fourth-order valence-corrected chi connectivity index (χ4v) is 2.92. The Morgan fingerprint density at radius 1 is 1.30 bits per heavy atom. The third-order valence-corrected chi connectivity index (χ3v) is 4.69. The van der Waals surface area contributed by atoms with Gasteiger partial charge in [0.25, 0.3) is 0 Å². The fourth-order valence-electron chi connectivity index (χ4n) is 1.76. The monoisotopic (exact) mass is 290 g/mol. The number of nitrogens with one attached hydrogen (secondary N) is 1. The maximum Gasteiger partial charge on any atom is 0.243 e. The van der Waals surface area contributed by atoms with E-state index in [0.29, 0.717) is 0 Å². The summed E-state index contributed by atoms with van der Waals surface area (Å²) in [5.41, 5.74) is 1.58. The smallest absolute Gasteiger partial charge is 0.243 e. The van der Waals surface area contributed by atoms with Gasteiger partial charge in [-0.2, -0.15) is 14.7 Å². The minimum absolute atomic E-state index is 0.213. The topological polar surface area (TPSA) is 89.8 Å². The summed E-state index contributed by atoms with van der Waals surface area (Å²) in [7, 11) is -2.02. The Hall–Kier alpha value is -2.17. The van der Waals surface area contributed by atoms with Gasteiger partial charge in [0, 0.05) is 25.4 Å². The molecule has 1 aromatic heterocycles. The first-order valence-electron chi connectivity index (χ1n) is 5.94. The second-order valence-electron chi connectivity index (χ2n) is 4.35. The van der Waals surface area contributed by atoms with Crippen molar-refractivity contribution in [1.82, 2.24) is 14.5 Å². The lowest BCUT2D eigenvalue weighted by atomic mass is 10.2. The van der Waals surface area contributed by atoms with Crippen LogP contribution in [0.3, 0.4) is 0 Å². The molecule has 0 spiro atoms. The van der Waals surface area contributed by atoms with Crippen molar-refractivity contribution in [3.63, 3.8) is 0 Å². The molecular weight excluding hydrogens is 276 g/mol. The van der Waals surface area contributed by atoms with Crippen molar-refractivity contribution < 1.29 is 8.42 Å². The van der Waals surface area contributed by atoms with Crippen LogP contribution in [0, 0.1) is 11.3 Å². The van der Waals surface area contributed by atoms with Crippen LogP contribution in [0.5, 0.6) is 0 Å². The van der Waals surface area contributed by atoms with E-state index in [9.17, 15) is 8.42 Å². The van der Waals surface area contributed by atoms with E-state index in [-0.39, 0.29) is 17.9 Å². The van der Waals surface area contributed by atoms with Crippen LogP contribution in [0.1, 0.15) is 11.1 Å². The summed E-state index contributed by atoms with van der Waals surface area (Å²) in [6.45, 7) is 0.249. The van der Waals surface area contributed by atoms with Crippen molar-refractivity contribution in [2.24, 2.45) is 0 Å². The Balaban J connectivity index is 2.19. The van der Waals surface area contributed by atoms with Gasteiger partial charge in [-0.25, -0.2) is 8.42 Å². The van der Waals surface area contributed by atoms with E-state index in [2.05, 4.69) is 10.2 Å². The summed E-state index contributed by atoms with van der Waals surface area (Å²) in [5.74, 6) is 0. The molecule has 2 rings (SSSR count). The van der Waals surface area contributed by atoms with E-state index in [1.807, 2.05) is 6.07 Å². The Labute approximate surface area is 117 Å². The minimum atomic E-state index is -3.54. The summed E-state index contributed by atoms with van der Waals surface area (Å²) in [6.07, 6.45) is 3.51. The number of aromatic nitrogens is 2. The van der Waals surface area contributed by atoms with Crippen LogP contribution < -0.4 is 0 Å². The zero-order valence-corrected chi connectivity index (χ0v) is 11.8. The number of nitriles is 1. The molecule has 0 atom stereocenters. The lowest BCUT2D eigenvalue weighted by Gasteiger charge is -2.16. The Morgan fingerprint density at radius 2 is 2.00 bits per heavy atom. The van der Waals surface area contributed by atoms with Crippen molar-refractivity contribution in [1.29, 1.82) is 5.26 Å². The first-order valence-corrected chi connectivity index (χ1v) is 7.38. The van der Waals surface area contributed by atoms with Gasteiger partial charge >= 0.3 is 0 Å². The van der Waals surface area contributed by atoms with E-state index < -0.39 is 10.0 Å². The van der Waals surface area contributed by atoms with E-state index in [1.54, 1.807) is 24.5 Å². The molecule has 0 fully saturated rings. The first kappa shape index (κ1) is 14.2. The van der Waals surface area contributed by atoms with Gasteiger partial charge in [0.2, 0.25) is 10.0 Å². The molecule has 20 heavy (non-hydrogen) atoms. The lowest BCUT2D eigenvalue weighted by Crippen LogP contribution is -2.26. The Kier molecular flexibility index (Phi) is 4.17. The van der Waals surface area contributed by atoms with E-state index >= 15 is 0 Å². The van der Waals surface area contributed by atoms with Crippen LogP contribution in [-0.2, 0) is 23.0 Å². The molecular formula is C13H14N4O2S. The predicted molar refractivity (Wildman–Crippen MR) is 73.0 cm³/mol. The quantitative estimate of drug-likeness (QED) is 0.898. The molecule has 0 amide bonds. The summed E-state index contributed by atoms with van der Waals surface area (Å²) in [4.78, 5) is 0.213. The van der Waals surface area contributed by atoms with Crippen molar-refractivity contribution in [2.75, 3.05) is 7.05 Å². The van der Waals surface area contributed by atoms with Gasteiger partial charge in [-0.3, -0.25) is 5.10 Å². The number of rotatable bonds is 5. The summed E-state index contributed by atoms with van der Waals surface area (Å²) >= 11 is 0. The molecule has 1 heterocycles. The van der Waals surface area contributed by atoms with Crippen molar-refractivity contribution in [3.05, 3.63) is 47.8 Å². The van der Waals surface area contributed by atoms with Crippen LogP contribution in [0.25, 0.3) is 0 Å².